The van der Waals surface area contributed by atoms with Gasteiger partial charge in [-0.2, -0.15) is 0 Å². The van der Waals surface area contributed by atoms with Crippen molar-refractivity contribution in [2.24, 2.45) is 0 Å². The van der Waals surface area contributed by atoms with Gasteiger partial charge in [0.2, 0.25) is 0 Å². The molecular weight excluding hydrogens is 180 g/mol. The summed E-state index contributed by atoms with van der Waals surface area (Å²) in [6, 6.07) is 0. The van der Waals surface area contributed by atoms with Crippen LogP contribution in [-0.4, -0.2) is 25.3 Å². The summed E-state index contributed by atoms with van der Waals surface area (Å²) >= 11 is 0. The number of esters is 1. The molecule has 0 aliphatic rings. The van der Waals surface area contributed by atoms with Gasteiger partial charge >= 0.3 is 5.97 Å². The van der Waals surface area contributed by atoms with Gasteiger partial charge in [-0.15, -0.1) is 0 Å². The standard InChI is InChI=1S/C11H20O3/c1-4-7-8-13-10(5-2)9-14-11(12)6-3/h6,10H,3-5,7-9H2,1-2H3. The van der Waals surface area contributed by atoms with Crippen LogP contribution in [0.5, 0.6) is 0 Å². The molecule has 3 heteroatoms. The minimum Gasteiger partial charge on any atom is -0.460 e. The molecule has 0 rings (SSSR count). The molecular formula is C11H20O3. The minimum absolute atomic E-state index is 0.0189. The summed E-state index contributed by atoms with van der Waals surface area (Å²) in [5.41, 5.74) is 0. The Morgan fingerprint density at radius 1 is 1.50 bits per heavy atom. The molecule has 14 heavy (non-hydrogen) atoms. The number of unbranched alkanes of at least 4 members (excludes halogenated alkanes) is 1. The molecule has 0 saturated heterocycles. The van der Waals surface area contributed by atoms with E-state index in [-0.39, 0.29) is 12.1 Å². The third-order valence-electron chi connectivity index (χ3n) is 1.88. The summed E-state index contributed by atoms with van der Waals surface area (Å²) < 4.78 is 10.4. The summed E-state index contributed by atoms with van der Waals surface area (Å²) in [5.74, 6) is -0.387. The lowest BCUT2D eigenvalue weighted by Crippen LogP contribution is -2.21. The van der Waals surface area contributed by atoms with Gasteiger partial charge in [0.1, 0.15) is 6.61 Å². The summed E-state index contributed by atoms with van der Waals surface area (Å²) in [6.45, 7) is 8.51. The van der Waals surface area contributed by atoms with Crippen LogP contribution in [-0.2, 0) is 14.3 Å². The first-order valence-corrected chi connectivity index (χ1v) is 5.15. The van der Waals surface area contributed by atoms with Crippen molar-refractivity contribution in [1.82, 2.24) is 0 Å². The molecule has 0 aliphatic carbocycles. The van der Waals surface area contributed by atoms with Crippen LogP contribution in [0.4, 0.5) is 0 Å². The first-order valence-electron chi connectivity index (χ1n) is 5.15. The molecule has 82 valence electrons. The molecule has 0 aromatic heterocycles. The second kappa shape index (κ2) is 8.75. The molecule has 0 fully saturated rings. The number of hydrogen-bond acceptors (Lipinski definition) is 3. The van der Waals surface area contributed by atoms with Gasteiger partial charge in [-0.1, -0.05) is 26.8 Å². The third-order valence-corrected chi connectivity index (χ3v) is 1.88. The Morgan fingerprint density at radius 2 is 2.21 bits per heavy atom. The van der Waals surface area contributed by atoms with Crippen LogP contribution in [0.3, 0.4) is 0 Å². The quantitative estimate of drug-likeness (QED) is 0.342. The second-order valence-electron chi connectivity index (χ2n) is 3.09. The van der Waals surface area contributed by atoms with Crippen molar-refractivity contribution in [3.63, 3.8) is 0 Å². The van der Waals surface area contributed by atoms with Gasteiger partial charge in [0.25, 0.3) is 0 Å². The molecule has 1 atom stereocenters. The maximum absolute atomic E-state index is 10.8. The lowest BCUT2D eigenvalue weighted by Gasteiger charge is -2.15. The minimum atomic E-state index is -0.387. The van der Waals surface area contributed by atoms with Crippen LogP contribution in [0.25, 0.3) is 0 Å². The van der Waals surface area contributed by atoms with E-state index in [1.54, 1.807) is 0 Å². The molecule has 1 unspecified atom stereocenters. The molecule has 0 aromatic rings. The van der Waals surface area contributed by atoms with E-state index in [9.17, 15) is 4.79 Å². The van der Waals surface area contributed by atoms with Gasteiger partial charge in [0.15, 0.2) is 0 Å². The lowest BCUT2D eigenvalue weighted by atomic mass is 10.3. The molecule has 0 aromatic carbocycles. The SMILES string of the molecule is C=CC(=O)OCC(CC)OCCCC. The van der Waals surface area contributed by atoms with E-state index in [0.29, 0.717) is 6.61 Å². The average Bonchev–Trinajstić information content (AvgIpc) is 2.22. The Kier molecular flexibility index (Phi) is 8.24. The molecule has 0 amide bonds. The Hall–Kier alpha value is -0.830. The fourth-order valence-corrected chi connectivity index (χ4v) is 0.912. The molecule has 0 heterocycles. The lowest BCUT2D eigenvalue weighted by molar-refractivity contribution is -0.142. The Morgan fingerprint density at radius 3 is 2.71 bits per heavy atom. The van der Waals surface area contributed by atoms with E-state index in [4.69, 9.17) is 9.47 Å². The topological polar surface area (TPSA) is 35.5 Å². The van der Waals surface area contributed by atoms with Crippen molar-refractivity contribution < 1.29 is 14.3 Å². The highest BCUT2D eigenvalue weighted by Crippen LogP contribution is 2.01. The second-order valence-corrected chi connectivity index (χ2v) is 3.09. The summed E-state index contributed by atoms with van der Waals surface area (Å²) in [7, 11) is 0. The van der Waals surface area contributed by atoms with Crippen LogP contribution < -0.4 is 0 Å². The van der Waals surface area contributed by atoms with E-state index < -0.39 is 0 Å². The molecule has 3 nitrogen and oxygen atoms in total. The predicted octanol–water partition coefficient (Wildman–Crippen LogP) is 2.31. The number of carbonyl (C=O) groups excluding carboxylic acids is 1. The number of carbonyl (C=O) groups is 1. The number of hydrogen-bond donors (Lipinski definition) is 0. The molecule has 0 aliphatic heterocycles. The van der Waals surface area contributed by atoms with Crippen LogP contribution in [0.2, 0.25) is 0 Å². The van der Waals surface area contributed by atoms with Crippen molar-refractivity contribution >= 4 is 5.97 Å². The monoisotopic (exact) mass is 200 g/mol. The van der Waals surface area contributed by atoms with Crippen molar-refractivity contribution in [2.75, 3.05) is 13.2 Å². The molecule has 0 radical (unpaired) electrons. The highest BCUT2D eigenvalue weighted by molar-refractivity contribution is 5.81. The van der Waals surface area contributed by atoms with Crippen LogP contribution in [0.15, 0.2) is 12.7 Å². The molecule has 0 saturated carbocycles. The zero-order valence-corrected chi connectivity index (χ0v) is 9.12. The summed E-state index contributed by atoms with van der Waals surface area (Å²) in [6.07, 6.45) is 4.20. The van der Waals surface area contributed by atoms with Gasteiger partial charge in [-0.25, -0.2) is 4.79 Å². The van der Waals surface area contributed by atoms with E-state index in [1.165, 1.54) is 6.08 Å². The Balaban J connectivity index is 3.57. The first kappa shape index (κ1) is 13.2. The normalized spacial score (nSPS) is 12.1. The van der Waals surface area contributed by atoms with Crippen molar-refractivity contribution in [3.8, 4) is 0 Å². The van der Waals surface area contributed by atoms with Gasteiger partial charge in [0.05, 0.1) is 6.10 Å². The van der Waals surface area contributed by atoms with Crippen LogP contribution in [0.1, 0.15) is 33.1 Å². The Bertz CT molecular complexity index is 166. The van der Waals surface area contributed by atoms with Gasteiger partial charge in [-0.3, -0.25) is 0 Å². The summed E-state index contributed by atoms with van der Waals surface area (Å²) in [4.78, 5) is 10.8. The van der Waals surface area contributed by atoms with Crippen molar-refractivity contribution in [2.45, 2.75) is 39.2 Å². The van der Waals surface area contributed by atoms with E-state index in [1.807, 2.05) is 6.92 Å². The van der Waals surface area contributed by atoms with Gasteiger partial charge in [0, 0.05) is 12.7 Å². The van der Waals surface area contributed by atoms with Crippen LogP contribution in [0, 0.1) is 0 Å². The third kappa shape index (κ3) is 6.66. The molecule has 0 N–H and O–H groups in total. The highest BCUT2D eigenvalue weighted by atomic mass is 16.6. The van der Waals surface area contributed by atoms with Gasteiger partial charge in [-0.05, 0) is 12.8 Å². The maximum atomic E-state index is 10.8. The number of rotatable bonds is 8. The fraction of sp³-hybridized carbons (Fsp3) is 0.727. The largest absolute Gasteiger partial charge is 0.460 e. The van der Waals surface area contributed by atoms with E-state index in [0.717, 1.165) is 25.9 Å². The summed E-state index contributed by atoms with van der Waals surface area (Å²) in [5, 5.41) is 0. The zero-order valence-electron chi connectivity index (χ0n) is 9.12. The smallest absolute Gasteiger partial charge is 0.330 e. The molecule has 0 spiro atoms. The molecule has 0 bridgehead atoms. The Labute approximate surface area is 86.1 Å². The number of ether oxygens (including phenoxy) is 2. The zero-order chi connectivity index (χ0) is 10.8. The van der Waals surface area contributed by atoms with Crippen molar-refractivity contribution in [3.05, 3.63) is 12.7 Å². The first-order chi connectivity index (χ1) is 6.74. The van der Waals surface area contributed by atoms with E-state index in [2.05, 4.69) is 13.5 Å². The average molecular weight is 200 g/mol. The fourth-order valence-electron chi connectivity index (χ4n) is 0.912. The maximum Gasteiger partial charge on any atom is 0.330 e. The van der Waals surface area contributed by atoms with E-state index >= 15 is 0 Å². The predicted molar refractivity (Wildman–Crippen MR) is 56.1 cm³/mol. The van der Waals surface area contributed by atoms with Gasteiger partial charge < -0.3 is 9.47 Å². The van der Waals surface area contributed by atoms with Crippen molar-refractivity contribution in [1.29, 1.82) is 0 Å². The highest BCUT2D eigenvalue weighted by Gasteiger charge is 2.08. The van der Waals surface area contributed by atoms with Crippen LogP contribution >= 0.6 is 0 Å².